The molecule has 0 amide bonds. The Morgan fingerprint density at radius 3 is 2.39 bits per heavy atom. The Hall–Kier alpha value is -0.580. The molecule has 0 bridgehead atoms. The van der Waals surface area contributed by atoms with Gasteiger partial charge in [-0.05, 0) is 30.2 Å². The van der Waals surface area contributed by atoms with Gasteiger partial charge < -0.3 is 14.8 Å². The van der Waals surface area contributed by atoms with Crippen molar-refractivity contribution in [3.63, 3.8) is 0 Å². The van der Waals surface area contributed by atoms with Crippen LogP contribution in [0.1, 0.15) is 13.8 Å². The maximum absolute atomic E-state index is 5.46. The van der Waals surface area contributed by atoms with Crippen molar-refractivity contribution in [3.05, 3.63) is 28.7 Å². The van der Waals surface area contributed by atoms with Gasteiger partial charge in [-0.25, -0.2) is 0 Å². The molecule has 0 atom stereocenters. The largest absolute Gasteiger partial charge is 0.383 e. The van der Waals surface area contributed by atoms with Crippen molar-refractivity contribution in [2.24, 2.45) is 5.92 Å². The van der Waals surface area contributed by atoms with Crippen LogP contribution in [0.5, 0.6) is 0 Å². The molecule has 18 heavy (non-hydrogen) atoms. The zero-order chi connectivity index (χ0) is 13.2. The maximum Gasteiger partial charge on any atom is 0.0701 e. The van der Waals surface area contributed by atoms with Crippen LogP contribution in [0, 0.1) is 5.92 Å². The average Bonchev–Trinajstić information content (AvgIpc) is 2.34. The van der Waals surface area contributed by atoms with Crippen molar-refractivity contribution in [1.82, 2.24) is 0 Å². The topological polar surface area (TPSA) is 30.5 Å². The number of hydrogen-bond donors (Lipinski definition) is 1. The predicted molar refractivity (Wildman–Crippen MR) is 79.1 cm³/mol. The van der Waals surface area contributed by atoms with Crippen LogP contribution in [0.3, 0.4) is 0 Å². The predicted octanol–water partition coefficient (Wildman–Crippen LogP) is 3.55. The quantitative estimate of drug-likeness (QED) is 0.707. The molecule has 1 aromatic rings. The molecule has 0 spiro atoms. The van der Waals surface area contributed by atoms with Gasteiger partial charge in [0.2, 0.25) is 0 Å². The summed E-state index contributed by atoms with van der Waals surface area (Å²) in [7, 11) is 0. The smallest absolute Gasteiger partial charge is 0.0701 e. The van der Waals surface area contributed by atoms with Gasteiger partial charge in [-0.15, -0.1) is 0 Å². The Bertz CT molecular complexity index is 314. The molecule has 1 aromatic carbocycles. The Kier molecular flexibility index (Phi) is 8.05. The van der Waals surface area contributed by atoms with Gasteiger partial charge in [0.25, 0.3) is 0 Å². The number of ether oxygens (including phenoxy) is 2. The summed E-state index contributed by atoms with van der Waals surface area (Å²) in [5.74, 6) is 0.587. The van der Waals surface area contributed by atoms with E-state index in [1.165, 1.54) is 0 Å². The first-order valence-electron chi connectivity index (χ1n) is 6.33. The summed E-state index contributed by atoms with van der Waals surface area (Å²) >= 11 is 3.41. The number of nitrogens with one attached hydrogen (secondary N) is 1. The number of anilines is 1. The second kappa shape index (κ2) is 9.36. The van der Waals surface area contributed by atoms with E-state index in [0.717, 1.165) is 23.3 Å². The third-order valence-electron chi connectivity index (χ3n) is 2.24. The molecule has 0 aromatic heterocycles. The van der Waals surface area contributed by atoms with Crippen LogP contribution in [0.4, 0.5) is 5.69 Å². The van der Waals surface area contributed by atoms with Crippen LogP contribution < -0.4 is 5.32 Å². The molecule has 0 radical (unpaired) electrons. The summed E-state index contributed by atoms with van der Waals surface area (Å²) in [5, 5.41) is 3.29. The van der Waals surface area contributed by atoms with Crippen molar-refractivity contribution in [2.45, 2.75) is 13.8 Å². The van der Waals surface area contributed by atoms with Crippen molar-refractivity contribution in [1.29, 1.82) is 0 Å². The van der Waals surface area contributed by atoms with Crippen LogP contribution in [-0.2, 0) is 9.47 Å². The molecule has 102 valence electrons. The summed E-state index contributed by atoms with van der Waals surface area (Å²) in [6.45, 7) is 7.94. The molecular formula is C14H22BrNO2. The van der Waals surface area contributed by atoms with E-state index in [0.29, 0.717) is 25.7 Å². The zero-order valence-corrected chi connectivity index (χ0v) is 12.7. The lowest BCUT2D eigenvalue weighted by molar-refractivity contribution is 0.0411. The molecular weight excluding hydrogens is 294 g/mol. The highest BCUT2D eigenvalue weighted by Crippen LogP contribution is 2.13. The van der Waals surface area contributed by atoms with Crippen molar-refractivity contribution < 1.29 is 9.47 Å². The van der Waals surface area contributed by atoms with Gasteiger partial charge in [0, 0.05) is 23.3 Å². The molecule has 0 aliphatic carbocycles. The molecule has 1 rings (SSSR count). The van der Waals surface area contributed by atoms with Gasteiger partial charge in [-0.1, -0.05) is 29.8 Å². The Balaban J connectivity index is 1.94. The fourth-order valence-corrected chi connectivity index (χ4v) is 1.64. The third kappa shape index (κ3) is 7.69. The van der Waals surface area contributed by atoms with E-state index in [4.69, 9.17) is 9.47 Å². The first kappa shape index (κ1) is 15.5. The van der Waals surface area contributed by atoms with Crippen LogP contribution in [0.15, 0.2) is 28.7 Å². The maximum atomic E-state index is 5.46. The highest BCUT2D eigenvalue weighted by Gasteiger charge is 1.94. The van der Waals surface area contributed by atoms with Crippen LogP contribution in [-0.4, -0.2) is 33.0 Å². The molecule has 1 N–H and O–H groups in total. The van der Waals surface area contributed by atoms with Crippen LogP contribution in [0.25, 0.3) is 0 Å². The van der Waals surface area contributed by atoms with E-state index in [1.54, 1.807) is 0 Å². The molecule has 0 fully saturated rings. The number of halogens is 1. The minimum atomic E-state index is 0.587. The zero-order valence-electron chi connectivity index (χ0n) is 11.1. The second-order valence-corrected chi connectivity index (χ2v) is 5.43. The molecule has 4 heteroatoms. The first-order chi connectivity index (χ1) is 8.68. The van der Waals surface area contributed by atoms with Crippen molar-refractivity contribution in [3.8, 4) is 0 Å². The van der Waals surface area contributed by atoms with E-state index in [2.05, 4.69) is 35.1 Å². The molecule has 0 aliphatic rings. The third-order valence-corrected chi connectivity index (χ3v) is 2.77. The fourth-order valence-electron chi connectivity index (χ4n) is 1.37. The van der Waals surface area contributed by atoms with Gasteiger partial charge in [-0.3, -0.25) is 0 Å². The standard InChI is InChI=1S/C14H22BrNO2/c1-12(2)11-18-10-9-17-8-7-16-14-5-3-13(15)4-6-14/h3-6,12,16H,7-11H2,1-2H3. The number of hydrogen-bond acceptors (Lipinski definition) is 3. The SMILES string of the molecule is CC(C)COCCOCCNc1ccc(Br)cc1. The van der Waals surface area contributed by atoms with Crippen molar-refractivity contribution in [2.75, 3.05) is 38.3 Å². The summed E-state index contributed by atoms with van der Waals surface area (Å²) < 4.78 is 12.0. The lowest BCUT2D eigenvalue weighted by Crippen LogP contribution is -2.13. The summed E-state index contributed by atoms with van der Waals surface area (Å²) in [5.41, 5.74) is 1.11. The van der Waals surface area contributed by atoms with E-state index in [1.807, 2.05) is 24.3 Å². The van der Waals surface area contributed by atoms with E-state index < -0.39 is 0 Å². The van der Waals surface area contributed by atoms with E-state index in [9.17, 15) is 0 Å². The number of benzene rings is 1. The highest BCUT2D eigenvalue weighted by molar-refractivity contribution is 9.10. The van der Waals surface area contributed by atoms with E-state index >= 15 is 0 Å². The van der Waals surface area contributed by atoms with Gasteiger partial charge in [0.1, 0.15) is 0 Å². The fraction of sp³-hybridized carbons (Fsp3) is 0.571. The average molecular weight is 316 g/mol. The summed E-state index contributed by atoms with van der Waals surface area (Å²) in [6, 6.07) is 8.11. The van der Waals surface area contributed by atoms with Gasteiger partial charge in [-0.2, -0.15) is 0 Å². The van der Waals surface area contributed by atoms with Gasteiger partial charge >= 0.3 is 0 Å². The van der Waals surface area contributed by atoms with Gasteiger partial charge in [0.05, 0.1) is 19.8 Å². The first-order valence-corrected chi connectivity index (χ1v) is 7.12. The molecule has 0 saturated carbocycles. The Morgan fingerprint density at radius 2 is 1.72 bits per heavy atom. The molecule has 0 unspecified atom stereocenters. The normalized spacial score (nSPS) is 10.9. The minimum absolute atomic E-state index is 0.587. The Labute approximate surface area is 118 Å². The van der Waals surface area contributed by atoms with Crippen LogP contribution in [0.2, 0.25) is 0 Å². The van der Waals surface area contributed by atoms with Crippen LogP contribution >= 0.6 is 15.9 Å². The van der Waals surface area contributed by atoms with Crippen molar-refractivity contribution >= 4 is 21.6 Å². The summed E-state index contributed by atoms with van der Waals surface area (Å²) in [6.07, 6.45) is 0. The number of rotatable bonds is 9. The lowest BCUT2D eigenvalue weighted by atomic mass is 10.2. The Morgan fingerprint density at radius 1 is 1.06 bits per heavy atom. The van der Waals surface area contributed by atoms with E-state index in [-0.39, 0.29) is 0 Å². The molecule has 0 heterocycles. The molecule has 3 nitrogen and oxygen atoms in total. The summed E-state index contributed by atoms with van der Waals surface area (Å²) in [4.78, 5) is 0. The highest BCUT2D eigenvalue weighted by atomic mass is 79.9. The van der Waals surface area contributed by atoms with Gasteiger partial charge in [0.15, 0.2) is 0 Å². The second-order valence-electron chi connectivity index (χ2n) is 4.51. The molecule has 0 aliphatic heterocycles. The monoisotopic (exact) mass is 315 g/mol. The lowest BCUT2D eigenvalue weighted by Gasteiger charge is -2.09. The molecule has 0 saturated heterocycles. The minimum Gasteiger partial charge on any atom is -0.383 e.